The van der Waals surface area contributed by atoms with Crippen LogP contribution >= 0.6 is 0 Å². The molecule has 11 unspecified atom stereocenters. The predicted molar refractivity (Wildman–Crippen MR) is 215 cm³/mol. The summed E-state index contributed by atoms with van der Waals surface area (Å²) in [4.78, 5) is 42.1. The second-order valence-corrected chi connectivity index (χ2v) is 21.4. The first kappa shape index (κ1) is 39.7. The van der Waals surface area contributed by atoms with Gasteiger partial charge in [0.05, 0.1) is 30.0 Å². The summed E-state index contributed by atoms with van der Waals surface area (Å²) in [7, 11) is 0. The highest BCUT2D eigenvalue weighted by Crippen LogP contribution is 2.78. The first-order valence-electron chi connectivity index (χ1n) is 22.1. The molecule has 5 aliphatic carbocycles. The number of nitrogens with zero attached hydrogens (tertiary/aromatic N) is 1. The number of ether oxygens (including phenoxy) is 1. The number of likely N-dealkylation sites (tertiary alicyclic amines) is 1. The largest absolute Gasteiger partial charge is 0.481 e. The lowest BCUT2D eigenvalue weighted by molar-refractivity contribution is -0.261. The maximum atomic E-state index is 15.2. The minimum Gasteiger partial charge on any atom is -0.481 e. The molecule has 7 aliphatic rings. The van der Waals surface area contributed by atoms with E-state index in [1.54, 1.807) is 12.1 Å². The molecule has 308 valence electrons. The molecule has 1 saturated heterocycles. The molecule has 1 aromatic carbocycles. The molecule has 0 bridgehead atoms. The molecule has 12 atom stereocenters. The number of amides is 1. The minimum atomic E-state index is -0.889. The van der Waals surface area contributed by atoms with E-state index in [0.29, 0.717) is 23.7 Å². The molecule has 9 heteroatoms. The number of fused-ring (bicyclic) bond motifs is 7. The molecule has 1 aromatic rings. The van der Waals surface area contributed by atoms with E-state index in [4.69, 9.17) is 4.74 Å². The molecular formula is C47H68FN3O5. The summed E-state index contributed by atoms with van der Waals surface area (Å²) in [5.74, 6) is 0.751. The number of carboxylic acid groups (broad SMARTS) is 1. The first-order chi connectivity index (χ1) is 26.4. The van der Waals surface area contributed by atoms with Crippen LogP contribution in [0.4, 0.5) is 4.39 Å². The number of nitrogens with one attached hydrogen (secondary N) is 2. The number of hydrogen-bond acceptors (Lipinski definition) is 6. The molecule has 0 radical (unpaired) electrons. The Morgan fingerprint density at radius 3 is 2.27 bits per heavy atom. The number of aliphatic carboxylic acids is 1. The Labute approximate surface area is 334 Å². The third-order valence-corrected chi connectivity index (χ3v) is 18.6. The molecule has 2 aliphatic heterocycles. The number of benzene rings is 1. The molecule has 3 N–H and O–H groups in total. The fourth-order valence-corrected chi connectivity index (χ4v) is 15.1. The number of rotatable bonds is 8. The molecule has 8 rings (SSSR count). The van der Waals surface area contributed by atoms with Gasteiger partial charge in [0.1, 0.15) is 18.1 Å². The van der Waals surface area contributed by atoms with E-state index >= 15 is 4.79 Å². The Bertz CT molecular complexity index is 1760. The Hall–Kier alpha value is -3.10. The van der Waals surface area contributed by atoms with Crippen molar-refractivity contribution in [2.45, 2.75) is 163 Å². The lowest BCUT2D eigenvalue weighted by atomic mass is 9.31. The monoisotopic (exact) mass is 774 g/mol. The van der Waals surface area contributed by atoms with Crippen LogP contribution in [0.2, 0.25) is 0 Å². The van der Waals surface area contributed by atoms with Gasteiger partial charge in [0.15, 0.2) is 0 Å². The normalized spacial score (nSPS) is 43.0. The number of halogens is 1. The maximum Gasteiger partial charge on any atom is 0.306 e. The third kappa shape index (κ3) is 5.95. The van der Waals surface area contributed by atoms with Crippen molar-refractivity contribution in [1.29, 1.82) is 0 Å². The van der Waals surface area contributed by atoms with Gasteiger partial charge in [-0.25, -0.2) is 4.39 Å². The van der Waals surface area contributed by atoms with Crippen LogP contribution < -0.4 is 10.6 Å². The van der Waals surface area contributed by atoms with Gasteiger partial charge in [-0.15, -0.1) is 0 Å². The van der Waals surface area contributed by atoms with Crippen molar-refractivity contribution in [3.8, 4) is 0 Å². The van der Waals surface area contributed by atoms with Gasteiger partial charge in [-0.05, 0) is 158 Å². The van der Waals surface area contributed by atoms with Crippen molar-refractivity contribution in [2.24, 2.45) is 56.2 Å². The van der Waals surface area contributed by atoms with Crippen molar-refractivity contribution in [3.63, 3.8) is 0 Å². The van der Waals surface area contributed by atoms with Gasteiger partial charge in [0.25, 0.3) is 0 Å². The van der Waals surface area contributed by atoms with E-state index in [9.17, 15) is 19.1 Å². The second kappa shape index (κ2) is 13.7. The number of carbonyl (C=O) groups is 3. The highest BCUT2D eigenvalue weighted by atomic mass is 19.1. The van der Waals surface area contributed by atoms with Gasteiger partial charge < -0.3 is 25.4 Å². The van der Waals surface area contributed by atoms with Gasteiger partial charge in [-0.1, -0.05) is 54.9 Å². The molecule has 56 heavy (non-hydrogen) atoms. The smallest absolute Gasteiger partial charge is 0.306 e. The van der Waals surface area contributed by atoms with Crippen LogP contribution in [0.5, 0.6) is 0 Å². The van der Waals surface area contributed by atoms with Crippen LogP contribution in [0.3, 0.4) is 0 Å². The Balaban J connectivity index is 0.979. The van der Waals surface area contributed by atoms with Gasteiger partial charge >= 0.3 is 11.9 Å². The van der Waals surface area contributed by atoms with E-state index in [1.165, 1.54) is 25.0 Å². The van der Waals surface area contributed by atoms with E-state index in [2.05, 4.69) is 50.2 Å². The van der Waals surface area contributed by atoms with Crippen molar-refractivity contribution >= 4 is 23.5 Å². The van der Waals surface area contributed by atoms with Crippen molar-refractivity contribution < 1.29 is 28.6 Å². The highest BCUT2D eigenvalue weighted by molar-refractivity contribution is 5.84. The van der Waals surface area contributed by atoms with Crippen molar-refractivity contribution in [2.75, 3.05) is 6.54 Å². The van der Waals surface area contributed by atoms with Gasteiger partial charge in [0, 0.05) is 12.7 Å². The van der Waals surface area contributed by atoms with Crippen molar-refractivity contribution in [3.05, 3.63) is 41.8 Å². The van der Waals surface area contributed by atoms with Crippen LogP contribution in [0.25, 0.3) is 5.70 Å². The summed E-state index contributed by atoms with van der Waals surface area (Å²) >= 11 is 0. The van der Waals surface area contributed by atoms with E-state index in [1.807, 2.05) is 20.0 Å². The Kier molecular flexibility index (Phi) is 9.75. The summed E-state index contributed by atoms with van der Waals surface area (Å²) < 4.78 is 19.9. The van der Waals surface area contributed by atoms with Gasteiger partial charge in [0.2, 0.25) is 5.91 Å². The van der Waals surface area contributed by atoms with Crippen LogP contribution in [-0.4, -0.2) is 52.7 Å². The van der Waals surface area contributed by atoms with E-state index in [-0.39, 0.29) is 75.9 Å². The second-order valence-electron chi connectivity index (χ2n) is 21.4. The fraction of sp³-hybridized carbons (Fsp3) is 0.766. The predicted octanol–water partition coefficient (Wildman–Crippen LogP) is 9.29. The average Bonchev–Trinajstić information content (AvgIpc) is 3.91. The fourth-order valence-electron chi connectivity index (χ4n) is 15.1. The van der Waals surface area contributed by atoms with Crippen LogP contribution in [0.1, 0.15) is 150 Å². The quantitative estimate of drug-likeness (QED) is 0.226. The third-order valence-electron chi connectivity index (χ3n) is 18.6. The molecule has 0 spiro atoms. The zero-order valence-corrected chi connectivity index (χ0v) is 35.1. The number of carbonyl (C=O) groups excluding carboxylic acids is 2. The molecule has 5 saturated carbocycles. The first-order valence-corrected chi connectivity index (χ1v) is 22.1. The topological polar surface area (TPSA) is 108 Å². The van der Waals surface area contributed by atoms with Gasteiger partial charge in [-0.2, -0.15) is 0 Å². The molecule has 2 heterocycles. The number of esters is 1. The summed E-state index contributed by atoms with van der Waals surface area (Å²) in [6.45, 7) is 17.1. The Morgan fingerprint density at radius 1 is 0.839 bits per heavy atom. The van der Waals surface area contributed by atoms with E-state index < -0.39 is 11.4 Å². The SMILES string of the molecule is CC1C(OC(=O)CC(C)(C)CC(=O)O)CCC2(C)C3CCC4C5CCCC5(C(=O)N5CCCC5C5NC=C(c6ccc(F)cc6)N5)CC[C@@]4(C)C3(C)CCC12C. The highest BCUT2D eigenvalue weighted by Gasteiger charge is 2.72. The minimum absolute atomic E-state index is 0.0282. The summed E-state index contributed by atoms with van der Waals surface area (Å²) in [5.41, 5.74) is 1.45. The van der Waals surface area contributed by atoms with Crippen molar-refractivity contribution in [1.82, 2.24) is 15.5 Å². The zero-order chi connectivity index (χ0) is 40.1. The Morgan fingerprint density at radius 2 is 1.54 bits per heavy atom. The lowest BCUT2D eigenvalue weighted by Gasteiger charge is -2.74. The molecule has 6 fully saturated rings. The van der Waals surface area contributed by atoms with Gasteiger partial charge in [-0.3, -0.25) is 14.4 Å². The zero-order valence-electron chi connectivity index (χ0n) is 35.1. The van der Waals surface area contributed by atoms with Crippen LogP contribution in [0.15, 0.2) is 30.5 Å². The molecule has 0 aromatic heterocycles. The summed E-state index contributed by atoms with van der Waals surface area (Å²) in [5, 5.41) is 16.6. The standard InChI is InChI=1S/C47H68FN3O5/c1-29-36(56-39(54)27-42(2,3)26-38(52)53)18-20-45(6)37-17-16-32-33-10-8-19-47(33,24-23-44(32,5)46(37,7)22-21-43(29,45)4)41(55)51-25-9-11-35(51)40-49-28-34(50-40)30-12-14-31(48)15-13-30/h12-15,28-29,32-33,35-37,40,49-50H,8-11,16-27H2,1-7H3,(H,52,53)/t29?,32?,33?,35?,36?,37?,40?,43?,44-,45?,46?,47?/m1/s1. The number of hydrogen-bond donors (Lipinski definition) is 3. The van der Waals surface area contributed by atoms with Crippen LogP contribution in [-0.2, 0) is 19.1 Å². The summed E-state index contributed by atoms with van der Waals surface area (Å²) in [6.07, 6.45) is 15.8. The molecular weight excluding hydrogens is 706 g/mol. The maximum absolute atomic E-state index is 15.2. The van der Waals surface area contributed by atoms with Crippen LogP contribution in [0, 0.1) is 62.0 Å². The average molecular weight is 774 g/mol. The summed E-state index contributed by atoms with van der Waals surface area (Å²) in [6, 6.07) is 6.68. The van der Waals surface area contributed by atoms with E-state index in [0.717, 1.165) is 88.4 Å². The lowest BCUT2D eigenvalue weighted by Crippen LogP contribution is -2.68. The number of carboxylic acids is 1. The molecule has 1 amide bonds. The molecule has 8 nitrogen and oxygen atoms in total.